The van der Waals surface area contributed by atoms with E-state index in [2.05, 4.69) is 14.9 Å². The predicted octanol–water partition coefficient (Wildman–Crippen LogP) is 1.86. The molecule has 24 heavy (non-hydrogen) atoms. The summed E-state index contributed by atoms with van der Waals surface area (Å²) in [4.78, 5) is 24.6. The number of methoxy groups -OCH3 is 1. The lowest BCUT2D eigenvalue weighted by molar-refractivity contribution is -0.138. The fourth-order valence-corrected chi connectivity index (χ4v) is 3.89. The first-order valence-electron chi connectivity index (χ1n) is 8.61. The summed E-state index contributed by atoms with van der Waals surface area (Å²) < 4.78 is 18.1. The molecular formula is C17H25FN4O2. The Morgan fingerprint density at radius 2 is 2.08 bits per heavy atom. The number of nitrogens with zero attached hydrogens (tertiary/aromatic N) is 4. The minimum absolute atomic E-state index is 0.0942. The van der Waals surface area contributed by atoms with Gasteiger partial charge in [-0.1, -0.05) is 0 Å². The predicted molar refractivity (Wildman–Crippen MR) is 88.2 cm³/mol. The van der Waals surface area contributed by atoms with Crippen molar-refractivity contribution in [2.75, 3.05) is 44.8 Å². The third-order valence-electron chi connectivity index (χ3n) is 5.08. The van der Waals surface area contributed by atoms with Crippen LogP contribution < -0.4 is 4.90 Å². The molecule has 0 aromatic carbocycles. The Morgan fingerprint density at radius 3 is 2.83 bits per heavy atom. The normalized spacial score (nSPS) is 24.7. The molecule has 1 atom stereocenters. The number of hydrogen-bond acceptors (Lipinski definition) is 5. The summed E-state index contributed by atoms with van der Waals surface area (Å²) in [7, 11) is 1.68. The number of likely N-dealkylation sites (tertiary alicyclic amines) is 1. The average molecular weight is 336 g/mol. The number of hydrogen-bond donors (Lipinski definition) is 0. The molecule has 1 aromatic heterocycles. The van der Waals surface area contributed by atoms with Crippen LogP contribution in [0, 0.1) is 11.2 Å². The Hall–Kier alpha value is -1.76. The van der Waals surface area contributed by atoms with Crippen molar-refractivity contribution in [2.45, 2.75) is 32.1 Å². The second-order valence-corrected chi connectivity index (χ2v) is 6.89. The van der Waals surface area contributed by atoms with Gasteiger partial charge in [0.1, 0.15) is 0 Å². The summed E-state index contributed by atoms with van der Waals surface area (Å²) in [5.41, 5.74) is 0.0942. The number of anilines is 1. The van der Waals surface area contributed by atoms with E-state index in [-0.39, 0.29) is 11.3 Å². The highest BCUT2D eigenvalue weighted by molar-refractivity contribution is 5.77. The number of piperidine rings is 2. The second-order valence-electron chi connectivity index (χ2n) is 6.89. The van der Waals surface area contributed by atoms with E-state index in [1.54, 1.807) is 7.11 Å². The highest BCUT2D eigenvalue weighted by Gasteiger charge is 2.42. The summed E-state index contributed by atoms with van der Waals surface area (Å²) in [5.74, 6) is 0.406. The lowest BCUT2D eigenvalue weighted by Crippen LogP contribution is -2.54. The maximum atomic E-state index is 13.0. The van der Waals surface area contributed by atoms with Crippen LogP contribution in [0.1, 0.15) is 32.1 Å². The van der Waals surface area contributed by atoms with E-state index in [0.717, 1.165) is 51.9 Å². The van der Waals surface area contributed by atoms with Crippen LogP contribution in [0.4, 0.5) is 10.3 Å². The molecule has 0 radical (unpaired) electrons. The Bertz CT molecular complexity index is 568. The molecule has 1 amide bonds. The molecule has 2 aliphatic rings. The monoisotopic (exact) mass is 336 g/mol. The van der Waals surface area contributed by atoms with Gasteiger partial charge in [0, 0.05) is 51.7 Å². The maximum Gasteiger partial charge on any atom is 0.225 e. The molecule has 6 nitrogen and oxygen atoms in total. The van der Waals surface area contributed by atoms with Crippen LogP contribution in [-0.4, -0.2) is 60.7 Å². The Kier molecular flexibility index (Phi) is 5.28. The molecule has 0 bridgehead atoms. The molecule has 132 valence electrons. The molecule has 3 heterocycles. The Labute approximate surface area is 142 Å². The molecule has 0 N–H and O–H groups in total. The van der Waals surface area contributed by atoms with E-state index in [1.807, 2.05) is 4.90 Å². The van der Waals surface area contributed by atoms with Crippen LogP contribution in [0.15, 0.2) is 12.4 Å². The quantitative estimate of drug-likeness (QED) is 0.768. The molecule has 1 spiro atoms. The number of carbonyl (C=O) groups excluding carboxylic acids is 1. The largest absolute Gasteiger partial charge is 0.385 e. The highest BCUT2D eigenvalue weighted by atomic mass is 19.1. The first-order valence-corrected chi connectivity index (χ1v) is 8.61. The highest BCUT2D eigenvalue weighted by Crippen LogP contribution is 2.39. The zero-order chi connectivity index (χ0) is 17.0. The van der Waals surface area contributed by atoms with Gasteiger partial charge in [-0.3, -0.25) is 4.79 Å². The van der Waals surface area contributed by atoms with Crippen molar-refractivity contribution in [3.8, 4) is 0 Å². The van der Waals surface area contributed by atoms with E-state index >= 15 is 0 Å². The van der Waals surface area contributed by atoms with Crippen molar-refractivity contribution in [2.24, 2.45) is 5.41 Å². The van der Waals surface area contributed by atoms with Crippen molar-refractivity contribution >= 4 is 11.9 Å². The Balaban J connectivity index is 1.67. The van der Waals surface area contributed by atoms with E-state index in [1.165, 1.54) is 12.4 Å². The van der Waals surface area contributed by atoms with Gasteiger partial charge in [0.25, 0.3) is 0 Å². The van der Waals surface area contributed by atoms with Gasteiger partial charge in [-0.2, -0.15) is 0 Å². The molecule has 0 unspecified atom stereocenters. The number of carbonyl (C=O) groups is 1. The molecule has 3 rings (SSSR count). The summed E-state index contributed by atoms with van der Waals surface area (Å²) in [6.45, 7) is 3.92. The second kappa shape index (κ2) is 7.42. The fourth-order valence-electron chi connectivity index (χ4n) is 3.89. The number of amides is 1. The van der Waals surface area contributed by atoms with Crippen molar-refractivity contribution in [1.29, 1.82) is 0 Å². The molecule has 7 heteroatoms. The van der Waals surface area contributed by atoms with Crippen molar-refractivity contribution < 1.29 is 13.9 Å². The summed E-state index contributed by atoms with van der Waals surface area (Å²) in [6, 6.07) is 0. The van der Waals surface area contributed by atoms with Gasteiger partial charge in [0.2, 0.25) is 11.9 Å². The molecule has 2 aliphatic heterocycles. The zero-order valence-electron chi connectivity index (χ0n) is 14.2. The number of halogens is 1. The third kappa shape index (κ3) is 3.83. The average Bonchev–Trinajstić information content (AvgIpc) is 2.59. The maximum absolute atomic E-state index is 13.0. The molecule has 1 aromatic rings. The minimum atomic E-state index is -0.418. The van der Waals surface area contributed by atoms with Gasteiger partial charge in [0.05, 0.1) is 12.4 Å². The fraction of sp³-hybridized carbons (Fsp3) is 0.706. The minimum Gasteiger partial charge on any atom is -0.385 e. The van der Waals surface area contributed by atoms with Crippen LogP contribution in [0.5, 0.6) is 0 Å². The van der Waals surface area contributed by atoms with Crippen LogP contribution in [0.3, 0.4) is 0 Å². The summed E-state index contributed by atoms with van der Waals surface area (Å²) in [6.07, 6.45) is 6.95. The van der Waals surface area contributed by atoms with E-state index in [4.69, 9.17) is 4.74 Å². The lowest BCUT2D eigenvalue weighted by atomic mass is 9.73. The number of rotatable bonds is 5. The van der Waals surface area contributed by atoms with E-state index in [0.29, 0.717) is 19.0 Å². The van der Waals surface area contributed by atoms with Crippen LogP contribution in [-0.2, 0) is 9.53 Å². The SMILES string of the molecule is COCCCN1C[C@]2(CCCN(c3ncc(F)cn3)C2)CCC1=O. The summed E-state index contributed by atoms with van der Waals surface area (Å²) in [5, 5.41) is 0. The van der Waals surface area contributed by atoms with Gasteiger partial charge in [-0.25, -0.2) is 14.4 Å². The van der Waals surface area contributed by atoms with Crippen LogP contribution in [0.25, 0.3) is 0 Å². The first kappa shape index (κ1) is 17.1. The van der Waals surface area contributed by atoms with Gasteiger partial charge in [0.15, 0.2) is 5.82 Å². The lowest BCUT2D eigenvalue weighted by Gasteiger charge is -2.48. The first-order chi connectivity index (χ1) is 11.6. The topological polar surface area (TPSA) is 58.6 Å². The number of ether oxygens (including phenoxy) is 1. The number of aromatic nitrogens is 2. The third-order valence-corrected chi connectivity index (χ3v) is 5.08. The summed E-state index contributed by atoms with van der Waals surface area (Å²) >= 11 is 0. The van der Waals surface area contributed by atoms with Crippen molar-refractivity contribution in [3.05, 3.63) is 18.2 Å². The molecule has 0 aliphatic carbocycles. The molecule has 2 saturated heterocycles. The van der Waals surface area contributed by atoms with Gasteiger partial charge in [-0.15, -0.1) is 0 Å². The smallest absolute Gasteiger partial charge is 0.225 e. The van der Waals surface area contributed by atoms with Gasteiger partial charge in [-0.05, 0) is 25.7 Å². The molecule has 2 fully saturated rings. The van der Waals surface area contributed by atoms with Crippen molar-refractivity contribution in [1.82, 2.24) is 14.9 Å². The van der Waals surface area contributed by atoms with E-state index < -0.39 is 5.82 Å². The zero-order valence-corrected chi connectivity index (χ0v) is 14.2. The molecular weight excluding hydrogens is 311 g/mol. The van der Waals surface area contributed by atoms with E-state index in [9.17, 15) is 9.18 Å². The van der Waals surface area contributed by atoms with Crippen molar-refractivity contribution in [3.63, 3.8) is 0 Å². The van der Waals surface area contributed by atoms with Gasteiger partial charge >= 0.3 is 0 Å². The molecule has 0 saturated carbocycles. The standard InChI is InChI=1S/C17H25FN4O2/c1-24-9-3-8-21-12-17(6-4-15(21)23)5-2-7-22(13-17)16-19-10-14(18)11-20-16/h10-11H,2-9,12-13H2,1H3/t17-/m0/s1. The van der Waals surface area contributed by atoms with Crippen LogP contribution in [0.2, 0.25) is 0 Å². The Morgan fingerprint density at radius 1 is 1.29 bits per heavy atom. The van der Waals surface area contributed by atoms with Crippen LogP contribution >= 0.6 is 0 Å². The van der Waals surface area contributed by atoms with Gasteiger partial charge < -0.3 is 14.5 Å².